The summed E-state index contributed by atoms with van der Waals surface area (Å²) in [6.45, 7) is 3.90. The lowest BCUT2D eigenvalue weighted by Crippen LogP contribution is -2.35. The Kier molecular flexibility index (Phi) is 5.44. The number of aryl methyl sites for hydroxylation is 1. The van der Waals surface area contributed by atoms with E-state index in [4.69, 9.17) is 28.6 Å². The highest BCUT2D eigenvalue weighted by Crippen LogP contribution is 2.32. The number of hydrogen-bond acceptors (Lipinski definition) is 5. The van der Waals surface area contributed by atoms with E-state index in [1.165, 1.54) is 16.8 Å². The van der Waals surface area contributed by atoms with Crippen LogP contribution in [0.5, 0.6) is 0 Å². The van der Waals surface area contributed by atoms with E-state index in [0.717, 1.165) is 28.2 Å². The summed E-state index contributed by atoms with van der Waals surface area (Å²) < 4.78 is 2.02. The number of rotatable bonds is 3. The SMILES string of the molecule is Cc1cc(/C=C2/C(=N)N3N=C(c4cccnc4)SC3=NC2=O)c(C)n1-c1ccc(Cl)c(Cl)c1. The fourth-order valence-electron chi connectivity index (χ4n) is 3.71. The number of aliphatic imine (C=N–C) groups is 1. The number of carbonyl (C=O) groups excluding carboxylic acids is 1. The summed E-state index contributed by atoms with van der Waals surface area (Å²) in [7, 11) is 0. The van der Waals surface area contributed by atoms with Crippen molar-refractivity contribution in [2.24, 2.45) is 10.1 Å². The predicted molar refractivity (Wildman–Crippen MR) is 134 cm³/mol. The van der Waals surface area contributed by atoms with Crippen molar-refractivity contribution in [1.29, 1.82) is 5.41 Å². The van der Waals surface area contributed by atoms with Crippen molar-refractivity contribution in [3.63, 3.8) is 0 Å². The minimum absolute atomic E-state index is 0.0178. The number of carbonyl (C=O) groups is 1. The molecule has 10 heteroatoms. The number of nitrogens with zero attached hydrogens (tertiary/aromatic N) is 5. The zero-order valence-corrected chi connectivity index (χ0v) is 19.8. The summed E-state index contributed by atoms with van der Waals surface area (Å²) in [6, 6.07) is 11.1. The molecule has 0 atom stereocenters. The number of amidine groups is 2. The van der Waals surface area contributed by atoms with E-state index in [1.54, 1.807) is 30.6 Å². The number of pyridine rings is 1. The van der Waals surface area contributed by atoms with E-state index in [0.29, 0.717) is 20.3 Å². The van der Waals surface area contributed by atoms with E-state index in [2.05, 4.69) is 15.1 Å². The van der Waals surface area contributed by atoms with Crippen LogP contribution in [-0.4, -0.2) is 36.5 Å². The van der Waals surface area contributed by atoms with Gasteiger partial charge in [-0.25, -0.2) is 0 Å². The second kappa shape index (κ2) is 8.30. The molecule has 33 heavy (non-hydrogen) atoms. The first-order valence-corrected chi connectivity index (χ1v) is 11.5. The molecule has 7 nitrogen and oxygen atoms in total. The third-order valence-corrected chi connectivity index (χ3v) is 6.99. The highest BCUT2D eigenvalue weighted by Gasteiger charge is 2.36. The Bertz CT molecular complexity index is 1420. The van der Waals surface area contributed by atoms with Gasteiger partial charge < -0.3 is 4.57 Å². The summed E-state index contributed by atoms with van der Waals surface area (Å²) in [5.74, 6) is -0.489. The van der Waals surface area contributed by atoms with Gasteiger partial charge in [0.25, 0.3) is 5.91 Å². The van der Waals surface area contributed by atoms with Gasteiger partial charge in [-0.15, -0.1) is 0 Å². The number of benzene rings is 1. The van der Waals surface area contributed by atoms with Gasteiger partial charge in [0.1, 0.15) is 5.04 Å². The smallest absolute Gasteiger partial charge is 0.283 e. The van der Waals surface area contributed by atoms with Gasteiger partial charge in [0.2, 0.25) is 5.17 Å². The summed E-state index contributed by atoms with van der Waals surface area (Å²) >= 11 is 13.5. The van der Waals surface area contributed by atoms with Crippen molar-refractivity contribution in [3.05, 3.63) is 86.9 Å². The Morgan fingerprint density at radius 2 is 1.94 bits per heavy atom. The zero-order valence-electron chi connectivity index (χ0n) is 17.5. The van der Waals surface area contributed by atoms with E-state index in [-0.39, 0.29) is 11.4 Å². The third-order valence-electron chi connectivity index (χ3n) is 5.29. The van der Waals surface area contributed by atoms with Crippen LogP contribution in [0, 0.1) is 19.3 Å². The Labute approximate surface area is 203 Å². The molecule has 0 fully saturated rings. The van der Waals surface area contributed by atoms with Crippen LogP contribution in [0.25, 0.3) is 11.8 Å². The lowest BCUT2D eigenvalue weighted by atomic mass is 10.1. The number of amides is 1. The number of thioether (sulfide) groups is 1. The normalized spacial score (nSPS) is 16.8. The first-order valence-electron chi connectivity index (χ1n) is 9.88. The minimum Gasteiger partial charge on any atom is -0.318 e. The Hall–Kier alpha value is -3.20. The average molecular weight is 495 g/mol. The van der Waals surface area contributed by atoms with Crippen LogP contribution in [0.15, 0.2) is 64.5 Å². The van der Waals surface area contributed by atoms with Crippen molar-refractivity contribution in [2.75, 3.05) is 0 Å². The predicted octanol–water partition coefficient (Wildman–Crippen LogP) is 5.46. The van der Waals surface area contributed by atoms with E-state index in [9.17, 15) is 4.79 Å². The van der Waals surface area contributed by atoms with Gasteiger partial charge in [0.05, 0.1) is 15.6 Å². The molecule has 0 saturated carbocycles. The molecule has 4 heterocycles. The zero-order chi connectivity index (χ0) is 23.3. The maximum absolute atomic E-state index is 12.8. The van der Waals surface area contributed by atoms with Gasteiger partial charge in [0, 0.05) is 35.0 Å². The number of halogens is 2. The molecule has 3 aromatic rings. The van der Waals surface area contributed by atoms with Gasteiger partial charge in [-0.05, 0) is 73.6 Å². The molecule has 0 unspecified atom stereocenters. The Morgan fingerprint density at radius 3 is 2.67 bits per heavy atom. The van der Waals surface area contributed by atoms with Crippen molar-refractivity contribution in [1.82, 2.24) is 14.6 Å². The van der Waals surface area contributed by atoms with Crippen LogP contribution >= 0.6 is 35.0 Å². The molecule has 164 valence electrons. The number of fused-ring (bicyclic) bond motifs is 1. The fourth-order valence-corrected chi connectivity index (χ4v) is 4.88. The topological polar surface area (TPSA) is 86.7 Å². The molecule has 0 radical (unpaired) electrons. The van der Waals surface area contributed by atoms with Crippen LogP contribution < -0.4 is 0 Å². The molecule has 2 aliphatic heterocycles. The maximum Gasteiger partial charge on any atom is 0.283 e. The van der Waals surface area contributed by atoms with Crippen LogP contribution in [0.4, 0.5) is 0 Å². The Morgan fingerprint density at radius 1 is 1.12 bits per heavy atom. The largest absolute Gasteiger partial charge is 0.318 e. The number of aromatic nitrogens is 2. The second-order valence-electron chi connectivity index (χ2n) is 7.43. The van der Waals surface area contributed by atoms with Crippen LogP contribution in [-0.2, 0) is 4.79 Å². The summed E-state index contributed by atoms with van der Waals surface area (Å²) in [6.07, 6.45) is 5.05. The van der Waals surface area contributed by atoms with Crippen LogP contribution in [0.2, 0.25) is 10.0 Å². The van der Waals surface area contributed by atoms with E-state index in [1.807, 2.05) is 42.7 Å². The molecule has 0 spiro atoms. The molecule has 0 bridgehead atoms. The van der Waals surface area contributed by atoms with Crippen LogP contribution in [0.3, 0.4) is 0 Å². The number of hydrogen-bond donors (Lipinski definition) is 1. The fraction of sp³-hybridized carbons (Fsp3) is 0.0870. The molecule has 1 N–H and O–H groups in total. The summed E-state index contributed by atoms with van der Waals surface area (Å²) in [5, 5.41) is 16.5. The minimum atomic E-state index is -0.472. The van der Waals surface area contributed by atoms with Gasteiger partial charge in [-0.1, -0.05) is 23.2 Å². The number of nitrogens with one attached hydrogen (secondary N) is 1. The quantitative estimate of drug-likeness (QED) is 0.489. The molecular formula is C23H16Cl2N6OS. The number of hydrazone groups is 1. The standard InChI is InChI=1S/C23H16Cl2N6OS/c1-12-8-15(13(2)30(12)16-5-6-18(24)19(25)10-16)9-17-20(26)31-23(28-21(17)32)33-22(29-31)14-4-3-7-27-11-14/h3-11,26H,1-2H3/b17-9-,26-20?. The molecule has 1 aromatic carbocycles. The van der Waals surface area contributed by atoms with Gasteiger partial charge in [0.15, 0.2) is 5.84 Å². The molecule has 5 rings (SSSR count). The Balaban J connectivity index is 1.52. The molecule has 2 aromatic heterocycles. The third kappa shape index (κ3) is 3.80. The molecular weight excluding hydrogens is 479 g/mol. The monoisotopic (exact) mass is 494 g/mol. The second-order valence-corrected chi connectivity index (χ2v) is 9.20. The molecule has 1 amide bonds. The van der Waals surface area contributed by atoms with Gasteiger partial charge >= 0.3 is 0 Å². The summed E-state index contributed by atoms with van der Waals surface area (Å²) in [4.78, 5) is 21.1. The molecule has 0 saturated heterocycles. The van der Waals surface area contributed by atoms with Crippen molar-refractivity contribution < 1.29 is 4.79 Å². The van der Waals surface area contributed by atoms with Crippen molar-refractivity contribution >= 4 is 63.0 Å². The average Bonchev–Trinajstić information content (AvgIpc) is 3.34. The van der Waals surface area contributed by atoms with Crippen LogP contribution in [0.1, 0.15) is 22.5 Å². The van der Waals surface area contributed by atoms with Crippen molar-refractivity contribution in [3.8, 4) is 5.69 Å². The van der Waals surface area contributed by atoms with Crippen molar-refractivity contribution in [2.45, 2.75) is 13.8 Å². The lowest BCUT2D eigenvalue weighted by Gasteiger charge is -2.20. The lowest BCUT2D eigenvalue weighted by molar-refractivity contribution is -0.114. The summed E-state index contributed by atoms with van der Waals surface area (Å²) in [5.41, 5.74) is 4.47. The maximum atomic E-state index is 12.8. The first kappa shape index (κ1) is 21.6. The molecule has 0 aliphatic carbocycles. The highest BCUT2D eigenvalue weighted by molar-refractivity contribution is 8.27. The molecule has 2 aliphatic rings. The van der Waals surface area contributed by atoms with Gasteiger partial charge in [-0.3, -0.25) is 15.2 Å². The first-order chi connectivity index (χ1) is 15.8. The highest BCUT2D eigenvalue weighted by atomic mass is 35.5. The van der Waals surface area contributed by atoms with Gasteiger partial charge in [-0.2, -0.15) is 15.1 Å². The van der Waals surface area contributed by atoms with E-state index < -0.39 is 5.91 Å². The van der Waals surface area contributed by atoms with E-state index >= 15 is 0 Å².